The zero-order valence-corrected chi connectivity index (χ0v) is 11.8. The molecule has 0 radical (unpaired) electrons. The van der Waals surface area contributed by atoms with E-state index in [2.05, 4.69) is 0 Å². The summed E-state index contributed by atoms with van der Waals surface area (Å²) in [5, 5.41) is 9.41. The molecular weight excluding hydrogens is 266 g/mol. The van der Waals surface area contributed by atoms with Crippen molar-refractivity contribution in [2.45, 2.75) is 12.5 Å². The summed E-state index contributed by atoms with van der Waals surface area (Å²) in [6.07, 6.45) is 0.283. The van der Waals surface area contributed by atoms with Crippen LogP contribution in [0.25, 0.3) is 0 Å². The van der Waals surface area contributed by atoms with Crippen LogP contribution in [0.3, 0.4) is 0 Å². The molecule has 0 spiro atoms. The molecule has 0 aliphatic carbocycles. The van der Waals surface area contributed by atoms with E-state index in [0.717, 1.165) is 5.56 Å². The van der Waals surface area contributed by atoms with Gasteiger partial charge >= 0.3 is 5.97 Å². The number of nitrogens with zero attached hydrogens (tertiary/aromatic N) is 1. The van der Waals surface area contributed by atoms with Crippen LogP contribution in [0.15, 0.2) is 60.7 Å². The van der Waals surface area contributed by atoms with Crippen molar-refractivity contribution in [3.63, 3.8) is 0 Å². The maximum atomic E-state index is 12.3. The van der Waals surface area contributed by atoms with Crippen LogP contribution in [0.4, 0.5) is 0 Å². The lowest BCUT2D eigenvalue weighted by atomic mass is 10.0. The van der Waals surface area contributed by atoms with Crippen LogP contribution in [0.1, 0.15) is 15.9 Å². The molecule has 4 nitrogen and oxygen atoms in total. The minimum absolute atomic E-state index is 0.283. The number of hydrogen-bond acceptors (Lipinski definition) is 2. The number of likely N-dealkylation sites (N-methyl/N-ethyl adjacent to an activating group) is 1. The van der Waals surface area contributed by atoms with Gasteiger partial charge in [-0.25, -0.2) is 4.79 Å². The highest BCUT2D eigenvalue weighted by atomic mass is 16.4. The Morgan fingerprint density at radius 2 is 1.52 bits per heavy atom. The van der Waals surface area contributed by atoms with Gasteiger partial charge in [-0.05, 0) is 17.7 Å². The van der Waals surface area contributed by atoms with Crippen molar-refractivity contribution in [1.82, 2.24) is 4.90 Å². The van der Waals surface area contributed by atoms with E-state index in [9.17, 15) is 14.7 Å². The number of carboxylic acids is 1. The van der Waals surface area contributed by atoms with Crippen LogP contribution < -0.4 is 0 Å². The molecule has 2 aromatic rings. The van der Waals surface area contributed by atoms with Crippen LogP contribution >= 0.6 is 0 Å². The number of carboxylic acid groups (broad SMARTS) is 1. The first-order chi connectivity index (χ1) is 10.1. The van der Waals surface area contributed by atoms with Gasteiger partial charge in [-0.15, -0.1) is 0 Å². The summed E-state index contributed by atoms with van der Waals surface area (Å²) >= 11 is 0. The Morgan fingerprint density at radius 3 is 2.05 bits per heavy atom. The summed E-state index contributed by atoms with van der Waals surface area (Å²) in [5.74, 6) is -1.30. The zero-order chi connectivity index (χ0) is 15.2. The molecule has 1 N–H and O–H groups in total. The fraction of sp³-hybridized carbons (Fsp3) is 0.176. The Bertz CT molecular complexity index is 610. The SMILES string of the molecule is CN(C(=O)c1ccccc1)C(Cc1ccccc1)C(=O)O. The van der Waals surface area contributed by atoms with Gasteiger partial charge < -0.3 is 10.0 Å². The summed E-state index contributed by atoms with van der Waals surface area (Å²) in [5.41, 5.74) is 1.37. The lowest BCUT2D eigenvalue weighted by molar-refractivity contribution is -0.141. The fourth-order valence-corrected chi connectivity index (χ4v) is 2.15. The van der Waals surface area contributed by atoms with Gasteiger partial charge in [0, 0.05) is 19.0 Å². The van der Waals surface area contributed by atoms with Gasteiger partial charge in [0.25, 0.3) is 5.91 Å². The van der Waals surface area contributed by atoms with Crippen LogP contribution in [0, 0.1) is 0 Å². The van der Waals surface area contributed by atoms with E-state index in [1.807, 2.05) is 36.4 Å². The minimum atomic E-state index is -1.01. The minimum Gasteiger partial charge on any atom is -0.480 e. The van der Waals surface area contributed by atoms with Crippen LogP contribution in [0.5, 0.6) is 0 Å². The van der Waals surface area contributed by atoms with E-state index in [1.165, 1.54) is 11.9 Å². The number of hydrogen-bond donors (Lipinski definition) is 1. The maximum absolute atomic E-state index is 12.3. The second-order valence-corrected chi connectivity index (χ2v) is 4.83. The first-order valence-electron chi connectivity index (χ1n) is 6.68. The Hall–Kier alpha value is -2.62. The molecule has 2 rings (SSSR count). The van der Waals surface area contributed by atoms with Crippen molar-refractivity contribution in [1.29, 1.82) is 0 Å². The Kier molecular flexibility index (Phi) is 4.72. The van der Waals surface area contributed by atoms with Crippen molar-refractivity contribution in [3.8, 4) is 0 Å². The van der Waals surface area contributed by atoms with Crippen LogP contribution in [-0.4, -0.2) is 35.0 Å². The van der Waals surface area contributed by atoms with Crippen LogP contribution in [-0.2, 0) is 11.2 Å². The molecule has 0 aliphatic heterocycles. The van der Waals surface area contributed by atoms with Gasteiger partial charge in [0.2, 0.25) is 0 Å². The van der Waals surface area contributed by atoms with Crippen molar-refractivity contribution >= 4 is 11.9 Å². The fourth-order valence-electron chi connectivity index (χ4n) is 2.15. The zero-order valence-electron chi connectivity index (χ0n) is 11.8. The predicted octanol–water partition coefficient (Wildman–Crippen LogP) is 2.45. The molecule has 0 aliphatic rings. The summed E-state index contributed by atoms with van der Waals surface area (Å²) in [6.45, 7) is 0. The van der Waals surface area contributed by atoms with Crippen LogP contribution in [0.2, 0.25) is 0 Å². The van der Waals surface area contributed by atoms with Crippen molar-refractivity contribution in [2.24, 2.45) is 0 Å². The number of benzene rings is 2. The van der Waals surface area contributed by atoms with Gasteiger partial charge in [-0.2, -0.15) is 0 Å². The Morgan fingerprint density at radius 1 is 1.00 bits per heavy atom. The average Bonchev–Trinajstić information content (AvgIpc) is 2.53. The second kappa shape index (κ2) is 6.70. The standard InChI is InChI=1S/C17H17NO3/c1-18(16(19)14-10-6-3-7-11-14)15(17(20)21)12-13-8-4-2-5-9-13/h2-11,15H,12H2,1H3,(H,20,21). The number of rotatable bonds is 5. The van der Waals surface area contributed by atoms with Crippen molar-refractivity contribution < 1.29 is 14.7 Å². The molecule has 1 atom stereocenters. The second-order valence-electron chi connectivity index (χ2n) is 4.83. The summed E-state index contributed by atoms with van der Waals surface area (Å²) in [6, 6.07) is 17.1. The third-order valence-corrected chi connectivity index (χ3v) is 3.37. The highest BCUT2D eigenvalue weighted by Gasteiger charge is 2.27. The van der Waals surface area contributed by atoms with E-state index in [4.69, 9.17) is 0 Å². The maximum Gasteiger partial charge on any atom is 0.326 e. The van der Waals surface area contributed by atoms with Gasteiger partial charge in [-0.1, -0.05) is 48.5 Å². The van der Waals surface area contributed by atoms with Gasteiger partial charge in [0.1, 0.15) is 6.04 Å². The average molecular weight is 283 g/mol. The van der Waals surface area contributed by atoms with Crippen molar-refractivity contribution in [2.75, 3.05) is 7.05 Å². The molecular formula is C17H17NO3. The first kappa shape index (κ1) is 14.8. The summed E-state index contributed by atoms with van der Waals surface area (Å²) < 4.78 is 0. The van der Waals surface area contributed by atoms with E-state index in [-0.39, 0.29) is 12.3 Å². The molecule has 4 heteroatoms. The predicted molar refractivity (Wildman–Crippen MR) is 80.1 cm³/mol. The molecule has 0 heterocycles. The molecule has 1 amide bonds. The Labute approximate surface area is 123 Å². The largest absolute Gasteiger partial charge is 0.480 e. The molecule has 21 heavy (non-hydrogen) atoms. The molecule has 2 aromatic carbocycles. The molecule has 1 unspecified atom stereocenters. The van der Waals surface area contributed by atoms with Gasteiger partial charge in [0.05, 0.1) is 0 Å². The lowest BCUT2D eigenvalue weighted by Gasteiger charge is -2.25. The molecule has 0 aromatic heterocycles. The van der Waals surface area contributed by atoms with Crippen molar-refractivity contribution in [3.05, 3.63) is 71.8 Å². The molecule has 0 saturated heterocycles. The van der Waals surface area contributed by atoms with Gasteiger partial charge in [0.15, 0.2) is 0 Å². The van der Waals surface area contributed by atoms with Gasteiger partial charge in [-0.3, -0.25) is 4.79 Å². The molecule has 0 saturated carbocycles. The third kappa shape index (κ3) is 3.69. The smallest absolute Gasteiger partial charge is 0.326 e. The number of carbonyl (C=O) groups excluding carboxylic acids is 1. The van der Waals surface area contributed by atoms with E-state index in [0.29, 0.717) is 5.56 Å². The third-order valence-electron chi connectivity index (χ3n) is 3.37. The van der Waals surface area contributed by atoms with E-state index >= 15 is 0 Å². The monoisotopic (exact) mass is 283 g/mol. The lowest BCUT2D eigenvalue weighted by Crippen LogP contribution is -2.43. The quantitative estimate of drug-likeness (QED) is 0.917. The molecule has 0 bridgehead atoms. The topological polar surface area (TPSA) is 57.6 Å². The molecule has 108 valence electrons. The Balaban J connectivity index is 2.18. The first-order valence-corrected chi connectivity index (χ1v) is 6.68. The molecule has 0 fully saturated rings. The number of amides is 1. The number of aliphatic carboxylic acids is 1. The van der Waals surface area contributed by atoms with E-state index < -0.39 is 12.0 Å². The summed E-state index contributed by atoms with van der Waals surface area (Å²) in [7, 11) is 1.52. The van der Waals surface area contributed by atoms with E-state index in [1.54, 1.807) is 24.3 Å². The number of carbonyl (C=O) groups is 2. The highest BCUT2D eigenvalue weighted by Crippen LogP contribution is 2.12. The highest BCUT2D eigenvalue weighted by molar-refractivity contribution is 5.96. The summed E-state index contributed by atoms with van der Waals surface area (Å²) in [4.78, 5) is 25.1. The normalized spacial score (nSPS) is 11.7.